The second kappa shape index (κ2) is 6.28. The zero-order chi connectivity index (χ0) is 16.4. The zero-order valence-corrected chi connectivity index (χ0v) is 13.0. The van der Waals surface area contributed by atoms with Crippen LogP contribution in [-0.4, -0.2) is 11.8 Å². The third-order valence-electron chi connectivity index (χ3n) is 4.23. The van der Waals surface area contributed by atoms with E-state index in [1.165, 1.54) is 6.26 Å². The van der Waals surface area contributed by atoms with Crippen molar-refractivity contribution in [1.29, 1.82) is 0 Å². The molecule has 5 heteroatoms. The lowest BCUT2D eigenvalue weighted by molar-refractivity contribution is -0.117. The molecule has 1 fully saturated rings. The number of furan rings is 1. The maximum absolute atomic E-state index is 12.6. The van der Waals surface area contributed by atoms with Crippen LogP contribution in [0.15, 0.2) is 41.0 Å². The summed E-state index contributed by atoms with van der Waals surface area (Å²) in [5.74, 6) is 0.0303. The van der Waals surface area contributed by atoms with Gasteiger partial charge in [0.25, 0.3) is 5.91 Å². The highest BCUT2D eigenvalue weighted by Gasteiger charge is 2.34. The molecule has 1 heterocycles. The van der Waals surface area contributed by atoms with Crippen molar-refractivity contribution in [3.63, 3.8) is 0 Å². The number of primary amides is 1. The van der Waals surface area contributed by atoms with Gasteiger partial charge in [0.2, 0.25) is 5.91 Å². The largest absolute Gasteiger partial charge is 0.468 e. The lowest BCUT2D eigenvalue weighted by Crippen LogP contribution is -2.31. The van der Waals surface area contributed by atoms with Crippen LogP contribution < -0.4 is 11.1 Å². The zero-order valence-electron chi connectivity index (χ0n) is 13.0. The maximum atomic E-state index is 12.6. The van der Waals surface area contributed by atoms with Gasteiger partial charge in [0.15, 0.2) is 0 Å². The topological polar surface area (TPSA) is 85.3 Å². The van der Waals surface area contributed by atoms with E-state index < -0.39 is 5.91 Å². The Balaban J connectivity index is 1.81. The second-order valence-corrected chi connectivity index (χ2v) is 6.05. The Morgan fingerprint density at radius 3 is 2.70 bits per heavy atom. The van der Waals surface area contributed by atoms with Crippen LogP contribution in [0.3, 0.4) is 0 Å². The van der Waals surface area contributed by atoms with E-state index in [1.807, 2.05) is 25.1 Å². The number of amides is 2. The molecule has 23 heavy (non-hydrogen) atoms. The Kier molecular flexibility index (Phi) is 4.19. The number of benzene rings is 1. The van der Waals surface area contributed by atoms with Crippen molar-refractivity contribution in [2.75, 3.05) is 0 Å². The van der Waals surface area contributed by atoms with E-state index in [-0.39, 0.29) is 18.4 Å². The van der Waals surface area contributed by atoms with E-state index in [4.69, 9.17) is 10.2 Å². The first kappa shape index (κ1) is 15.3. The van der Waals surface area contributed by atoms with Crippen molar-refractivity contribution in [3.8, 4) is 0 Å². The number of carbonyl (C=O) groups excluding carboxylic acids is 2. The van der Waals surface area contributed by atoms with Crippen LogP contribution in [0.1, 0.15) is 46.1 Å². The van der Waals surface area contributed by atoms with Gasteiger partial charge in [-0.2, -0.15) is 0 Å². The molecule has 0 aliphatic heterocycles. The van der Waals surface area contributed by atoms with Gasteiger partial charge in [-0.05, 0) is 42.9 Å². The maximum Gasteiger partial charge on any atom is 0.255 e. The van der Waals surface area contributed by atoms with Crippen molar-refractivity contribution in [2.24, 2.45) is 11.7 Å². The van der Waals surface area contributed by atoms with Crippen LogP contribution in [-0.2, 0) is 11.2 Å². The monoisotopic (exact) mass is 312 g/mol. The summed E-state index contributed by atoms with van der Waals surface area (Å²) in [6.07, 6.45) is 3.55. The number of hydrogen-bond acceptors (Lipinski definition) is 3. The van der Waals surface area contributed by atoms with Crippen molar-refractivity contribution in [1.82, 2.24) is 5.32 Å². The number of carbonyl (C=O) groups is 2. The minimum Gasteiger partial charge on any atom is -0.468 e. The molecule has 0 bridgehead atoms. The van der Waals surface area contributed by atoms with Gasteiger partial charge in [-0.3, -0.25) is 9.59 Å². The normalized spacial score (nSPS) is 15.2. The van der Waals surface area contributed by atoms with Crippen molar-refractivity contribution in [2.45, 2.75) is 32.2 Å². The van der Waals surface area contributed by atoms with Gasteiger partial charge in [-0.25, -0.2) is 0 Å². The quantitative estimate of drug-likeness (QED) is 0.859. The van der Waals surface area contributed by atoms with E-state index in [9.17, 15) is 9.59 Å². The van der Waals surface area contributed by atoms with E-state index in [0.717, 1.165) is 24.0 Å². The summed E-state index contributed by atoms with van der Waals surface area (Å²) in [5.41, 5.74) is 7.87. The molecular formula is C18H20N2O3. The molecule has 1 aromatic heterocycles. The van der Waals surface area contributed by atoms with E-state index in [1.54, 1.807) is 6.07 Å². The fraction of sp³-hybridized carbons (Fsp3) is 0.333. The average molecular weight is 312 g/mol. The summed E-state index contributed by atoms with van der Waals surface area (Å²) in [6.45, 7) is 2.05. The van der Waals surface area contributed by atoms with Gasteiger partial charge in [-0.1, -0.05) is 24.3 Å². The SMILES string of the molecule is Cc1ccccc1C(NC(=O)c1ccoc1CC(N)=O)C1CC1. The highest BCUT2D eigenvalue weighted by atomic mass is 16.3. The highest BCUT2D eigenvalue weighted by Crippen LogP contribution is 2.42. The predicted octanol–water partition coefficient (Wildman–Crippen LogP) is 2.50. The third kappa shape index (κ3) is 3.44. The summed E-state index contributed by atoms with van der Waals surface area (Å²) in [5, 5.41) is 3.10. The van der Waals surface area contributed by atoms with Gasteiger partial charge in [-0.15, -0.1) is 0 Å². The molecular weight excluding hydrogens is 292 g/mol. The number of nitrogens with two attached hydrogens (primary N) is 1. The van der Waals surface area contributed by atoms with Gasteiger partial charge in [0, 0.05) is 0 Å². The van der Waals surface area contributed by atoms with Crippen molar-refractivity contribution >= 4 is 11.8 Å². The summed E-state index contributed by atoms with van der Waals surface area (Å²) < 4.78 is 5.22. The van der Waals surface area contributed by atoms with E-state index in [2.05, 4.69) is 11.4 Å². The van der Waals surface area contributed by atoms with Crippen molar-refractivity contribution < 1.29 is 14.0 Å². The van der Waals surface area contributed by atoms with Crippen LogP contribution in [0.25, 0.3) is 0 Å². The van der Waals surface area contributed by atoms with Crippen LogP contribution in [0, 0.1) is 12.8 Å². The second-order valence-electron chi connectivity index (χ2n) is 6.05. The predicted molar refractivity (Wildman–Crippen MR) is 85.7 cm³/mol. The summed E-state index contributed by atoms with van der Waals surface area (Å²) in [4.78, 5) is 23.7. The van der Waals surface area contributed by atoms with Gasteiger partial charge < -0.3 is 15.5 Å². The number of nitrogens with one attached hydrogen (secondary N) is 1. The molecule has 120 valence electrons. The number of hydrogen-bond donors (Lipinski definition) is 2. The van der Waals surface area contributed by atoms with Crippen LogP contribution in [0.2, 0.25) is 0 Å². The van der Waals surface area contributed by atoms with Crippen LogP contribution in [0.5, 0.6) is 0 Å². The molecule has 1 aliphatic carbocycles. The Morgan fingerprint density at radius 2 is 2.04 bits per heavy atom. The molecule has 3 N–H and O–H groups in total. The lowest BCUT2D eigenvalue weighted by atomic mass is 9.97. The molecule has 5 nitrogen and oxygen atoms in total. The first-order valence-corrected chi connectivity index (χ1v) is 7.77. The Hall–Kier alpha value is -2.56. The molecule has 2 aromatic rings. The molecule has 3 rings (SSSR count). The number of rotatable bonds is 6. The summed E-state index contributed by atoms with van der Waals surface area (Å²) >= 11 is 0. The molecule has 1 unspecified atom stereocenters. The summed E-state index contributed by atoms with van der Waals surface area (Å²) in [6, 6.07) is 9.65. The summed E-state index contributed by atoms with van der Waals surface area (Å²) in [7, 11) is 0. The standard InChI is InChI=1S/C18H20N2O3/c1-11-4-2-3-5-13(11)17(12-6-7-12)20-18(22)14-8-9-23-15(14)10-16(19)21/h2-5,8-9,12,17H,6-7,10H2,1H3,(H2,19,21)(H,20,22). The Labute approximate surface area is 134 Å². The van der Waals surface area contributed by atoms with Gasteiger partial charge in [0.05, 0.1) is 24.3 Å². The van der Waals surface area contributed by atoms with Crippen LogP contribution >= 0.6 is 0 Å². The number of aryl methyl sites for hydroxylation is 1. The molecule has 1 saturated carbocycles. The minimum absolute atomic E-state index is 0.0139. The van der Waals surface area contributed by atoms with Gasteiger partial charge >= 0.3 is 0 Å². The van der Waals surface area contributed by atoms with Crippen LogP contribution in [0.4, 0.5) is 0 Å². The molecule has 0 spiro atoms. The molecule has 0 saturated heterocycles. The first-order chi connectivity index (χ1) is 11.1. The van der Waals surface area contributed by atoms with Gasteiger partial charge in [0.1, 0.15) is 5.76 Å². The molecule has 1 atom stereocenters. The fourth-order valence-corrected chi connectivity index (χ4v) is 2.87. The van der Waals surface area contributed by atoms with Crippen molar-refractivity contribution in [3.05, 3.63) is 59.0 Å². The highest BCUT2D eigenvalue weighted by molar-refractivity contribution is 5.96. The van der Waals surface area contributed by atoms with E-state index in [0.29, 0.717) is 17.2 Å². The fourth-order valence-electron chi connectivity index (χ4n) is 2.87. The average Bonchev–Trinajstić information content (AvgIpc) is 3.25. The Morgan fingerprint density at radius 1 is 1.30 bits per heavy atom. The smallest absolute Gasteiger partial charge is 0.255 e. The van der Waals surface area contributed by atoms with E-state index >= 15 is 0 Å². The molecule has 1 aromatic carbocycles. The molecule has 2 amide bonds. The molecule has 0 radical (unpaired) electrons. The Bertz CT molecular complexity index is 731. The third-order valence-corrected chi connectivity index (χ3v) is 4.23. The molecule has 1 aliphatic rings. The first-order valence-electron chi connectivity index (χ1n) is 7.77. The lowest BCUT2D eigenvalue weighted by Gasteiger charge is -2.20. The minimum atomic E-state index is -0.522.